The quantitative estimate of drug-likeness (QED) is 0.645. The molecule has 152 valence electrons. The maximum atomic E-state index is 10.9. The predicted octanol–water partition coefficient (Wildman–Crippen LogP) is 3.16. The van der Waals surface area contributed by atoms with Crippen molar-refractivity contribution in [1.82, 2.24) is 10.2 Å². The summed E-state index contributed by atoms with van der Waals surface area (Å²) in [6, 6.07) is 18.3. The molecule has 2 N–H and O–H groups in total. The molecule has 2 aromatic carbocycles. The minimum absolute atomic E-state index is 0.116. The number of nitrogens with zero attached hydrogens (tertiary/aromatic N) is 2. The molecule has 0 unspecified atom stereocenters. The van der Waals surface area contributed by atoms with Gasteiger partial charge in [-0.3, -0.25) is 9.69 Å². The second-order valence-electron chi connectivity index (χ2n) is 7.41. The SMILES string of the molecule is CCN(CC(=O)O)C1CC(NCc2cccc(OCc3cccc(C#N)c3)c2)C1. The fourth-order valence-electron chi connectivity index (χ4n) is 3.63. The Kier molecular flexibility index (Phi) is 7.23. The third-order valence-corrected chi connectivity index (χ3v) is 5.33. The van der Waals surface area contributed by atoms with Crippen LogP contribution in [0.2, 0.25) is 0 Å². The van der Waals surface area contributed by atoms with Crippen molar-refractivity contribution in [3.05, 3.63) is 65.2 Å². The molecule has 0 amide bonds. The predicted molar refractivity (Wildman–Crippen MR) is 110 cm³/mol. The van der Waals surface area contributed by atoms with Crippen molar-refractivity contribution >= 4 is 5.97 Å². The van der Waals surface area contributed by atoms with E-state index in [4.69, 9.17) is 15.1 Å². The lowest BCUT2D eigenvalue weighted by molar-refractivity contribution is -0.139. The first-order valence-corrected chi connectivity index (χ1v) is 9.97. The van der Waals surface area contributed by atoms with E-state index < -0.39 is 5.97 Å². The number of carboxylic acid groups (broad SMARTS) is 1. The van der Waals surface area contributed by atoms with E-state index in [0.29, 0.717) is 24.3 Å². The standard InChI is InChI=1S/C23H27N3O3/c1-2-26(15-23(27)28)21-11-20(12-21)25-14-18-6-4-8-22(10-18)29-16-19-7-3-5-17(9-19)13-24/h3-10,20-21,25H,2,11-12,14-16H2,1H3,(H,27,28). The lowest BCUT2D eigenvalue weighted by Gasteiger charge is -2.42. The van der Waals surface area contributed by atoms with E-state index in [2.05, 4.69) is 17.5 Å². The molecule has 1 aliphatic rings. The highest BCUT2D eigenvalue weighted by Crippen LogP contribution is 2.26. The molecule has 6 nitrogen and oxygen atoms in total. The van der Waals surface area contributed by atoms with Crippen LogP contribution in [-0.2, 0) is 17.9 Å². The first-order chi connectivity index (χ1) is 14.1. The van der Waals surface area contributed by atoms with Crippen molar-refractivity contribution in [3.63, 3.8) is 0 Å². The Hall–Kier alpha value is -2.88. The zero-order valence-corrected chi connectivity index (χ0v) is 16.7. The maximum absolute atomic E-state index is 10.9. The Labute approximate surface area is 171 Å². The van der Waals surface area contributed by atoms with Gasteiger partial charge in [0.1, 0.15) is 12.4 Å². The largest absolute Gasteiger partial charge is 0.489 e. The van der Waals surface area contributed by atoms with Crippen molar-refractivity contribution in [2.24, 2.45) is 0 Å². The van der Waals surface area contributed by atoms with Gasteiger partial charge in [0.2, 0.25) is 0 Å². The number of nitrogens with one attached hydrogen (secondary N) is 1. The van der Waals surface area contributed by atoms with E-state index in [-0.39, 0.29) is 6.54 Å². The van der Waals surface area contributed by atoms with Crippen molar-refractivity contribution < 1.29 is 14.6 Å². The molecule has 29 heavy (non-hydrogen) atoms. The number of nitriles is 1. The van der Waals surface area contributed by atoms with Gasteiger partial charge in [-0.15, -0.1) is 0 Å². The summed E-state index contributed by atoms with van der Waals surface area (Å²) < 4.78 is 5.88. The molecule has 0 heterocycles. The Bertz CT molecular complexity index is 872. The van der Waals surface area contributed by atoms with Gasteiger partial charge in [0.25, 0.3) is 0 Å². The van der Waals surface area contributed by atoms with Crippen LogP contribution in [0.4, 0.5) is 0 Å². The summed E-state index contributed by atoms with van der Waals surface area (Å²) in [6.07, 6.45) is 1.96. The normalized spacial score (nSPS) is 18.1. The van der Waals surface area contributed by atoms with E-state index in [0.717, 1.165) is 42.8 Å². The molecular formula is C23H27N3O3. The summed E-state index contributed by atoms with van der Waals surface area (Å²) in [7, 11) is 0. The van der Waals surface area contributed by atoms with E-state index in [1.165, 1.54) is 0 Å². The van der Waals surface area contributed by atoms with Gasteiger partial charge in [0.05, 0.1) is 18.2 Å². The van der Waals surface area contributed by atoms with Crippen molar-refractivity contribution in [1.29, 1.82) is 5.26 Å². The molecule has 1 saturated carbocycles. The third-order valence-electron chi connectivity index (χ3n) is 5.33. The molecule has 1 fully saturated rings. The van der Waals surface area contributed by atoms with E-state index in [1.807, 2.05) is 48.2 Å². The molecular weight excluding hydrogens is 366 g/mol. The minimum atomic E-state index is -0.764. The van der Waals surface area contributed by atoms with E-state index in [1.54, 1.807) is 6.07 Å². The Balaban J connectivity index is 1.45. The van der Waals surface area contributed by atoms with Gasteiger partial charge in [-0.05, 0) is 54.8 Å². The van der Waals surface area contributed by atoms with Gasteiger partial charge in [-0.1, -0.05) is 31.2 Å². The maximum Gasteiger partial charge on any atom is 0.317 e. The van der Waals surface area contributed by atoms with Crippen LogP contribution in [0.25, 0.3) is 0 Å². The Morgan fingerprint density at radius 2 is 2.00 bits per heavy atom. The number of likely N-dealkylation sites (N-methyl/N-ethyl adjacent to an activating group) is 1. The van der Waals surface area contributed by atoms with Crippen molar-refractivity contribution in [2.75, 3.05) is 13.1 Å². The Morgan fingerprint density at radius 3 is 2.72 bits per heavy atom. The van der Waals surface area contributed by atoms with Gasteiger partial charge in [-0.2, -0.15) is 5.26 Å². The summed E-state index contributed by atoms with van der Waals surface area (Å²) in [5.74, 6) is 0.0381. The molecule has 1 aliphatic carbocycles. The average Bonchev–Trinajstić information content (AvgIpc) is 2.70. The van der Waals surface area contributed by atoms with E-state index >= 15 is 0 Å². The zero-order chi connectivity index (χ0) is 20.6. The van der Waals surface area contributed by atoms with Gasteiger partial charge in [0, 0.05) is 18.6 Å². The lowest BCUT2D eigenvalue weighted by Crippen LogP contribution is -2.53. The summed E-state index contributed by atoms with van der Waals surface area (Å²) >= 11 is 0. The third kappa shape index (κ3) is 6.05. The number of carbonyl (C=O) groups is 1. The molecule has 0 atom stereocenters. The Morgan fingerprint density at radius 1 is 1.24 bits per heavy atom. The van der Waals surface area contributed by atoms with Crippen LogP contribution in [0, 0.1) is 11.3 Å². The zero-order valence-electron chi connectivity index (χ0n) is 16.7. The molecule has 2 aromatic rings. The van der Waals surface area contributed by atoms with Crippen LogP contribution in [0.15, 0.2) is 48.5 Å². The molecule has 0 spiro atoms. The second kappa shape index (κ2) is 10.1. The summed E-state index contributed by atoms with van der Waals surface area (Å²) in [6.45, 7) is 4.06. The van der Waals surface area contributed by atoms with Gasteiger partial charge in [0.15, 0.2) is 0 Å². The number of hydrogen-bond donors (Lipinski definition) is 2. The summed E-state index contributed by atoms with van der Waals surface area (Å²) in [5, 5.41) is 21.5. The van der Waals surface area contributed by atoms with Crippen LogP contribution >= 0.6 is 0 Å². The monoisotopic (exact) mass is 393 g/mol. The first-order valence-electron chi connectivity index (χ1n) is 9.97. The highest BCUT2D eigenvalue weighted by Gasteiger charge is 2.33. The molecule has 0 bridgehead atoms. The first kappa shape index (κ1) is 20.8. The van der Waals surface area contributed by atoms with Crippen LogP contribution in [0.1, 0.15) is 36.5 Å². The smallest absolute Gasteiger partial charge is 0.317 e. The molecule has 0 saturated heterocycles. The lowest BCUT2D eigenvalue weighted by atomic mass is 9.85. The van der Waals surface area contributed by atoms with Crippen molar-refractivity contribution in [3.8, 4) is 11.8 Å². The highest BCUT2D eigenvalue weighted by molar-refractivity contribution is 5.69. The molecule has 0 radical (unpaired) electrons. The van der Waals surface area contributed by atoms with E-state index in [9.17, 15) is 4.79 Å². The summed E-state index contributed by atoms with van der Waals surface area (Å²) in [4.78, 5) is 13.0. The van der Waals surface area contributed by atoms with Crippen molar-refractivity contribution in [2.45, 2.75) is 45.0 Å². The van der Waals surface area contributed by atoms with Crippen LogP contribution in [-0.4, -0.2) is 41.1 Å². The van der Waals surface area contributed by atoms with Crippen LogP contribution < -0.4 is 10.1 Å². The van der Waals surface area contributed by atoms with Gasteiger partial charge in [-0.25, -0.2) is 0 Å². The molecule has 0 aromatic heterocycles. The second-order valence-corrected chi connectivity index (χ2v) is 7.41. The number of benzene rings is 2. The number of hydrogen-bond acceptors (Lipinski definition) is 5. The fraction of sp³-hybridized carbons (Fsp3) is 0.391. The highest BCUT2D eigenvalue weighted by atomic mass is 16.5. The van der Waals surface area contributed by atoms with Gasteiger partial charge >= 0.3 is 5.97 Å². The van der Waals surface area contributed by atoms with Gasteiger partial charge < -0.3 is 15.2 Å². The topological polar surface area (TPSA) is 85.6 Å². The fourth-order valence-corrected chi connectivity index (χ4v) is 3.63. The minimum Gasteiger partial charge on any atom is -0.489 e. The molecule has 0 aliphatic heterocycles. The average molecular weight is 393 g/mol. The molecule has 3 rings (SSSR count). The van der Waals surface area contributed by atoms with Crippen LogP contribution in [0.5, 0.6) is 5.75 Å². The number of rotatable bonds is 10. The van der Waals surface area contributed by atoms with Crippen LogP contribution in [0.3, 0.4) is 0 Å². The number of ether oxygens (including phenoxy) is 1. The molecule has 6 heteroatoms. The number of aliphatic carboxylic acids is 1. The summed E-state index contributed by atoms with van der Waals surface area (Å²) in [5.41, 5.74) is 2.75. The number of carboxylic acids is 1.